The molecule has 0 spiro atoms. The maximum Gasteiger partial charge on any atom is 0.241 e. The van der Waals surface area contributed by atoms with Gasteiger partial charge in [0.15, 0.2) is 0 Å². The van der Waals surface area contributed by atoms with E-state index in [4.69, 9.17) is 0 Å². The molecule has 0 saturated heterocycles. The van der Waals surface area contributed by atoms with E-state index in [0.717, 1.165) is 11.3 Å². The largest absolute Gasteiger partial charge is 0.324 e. The molecule has 5 nitrogen and oxygen atoms in total. The van der Waals surface area contributed by atoms with E-state index >= 15 is 0 Å². The summed E-state index contributed by atoms with van der Waals surface area (Å²) in [6.07, 6.45) is 0.275. The second kappa shape index (κ2) is 9.14. The smallest absolute Gasteiger partial charge is 0.241 e. The Labute approximate surface area is 183 Å². The van der Waals surface area contributed by atoms with Gasteiger partial charge in [-0.05, 0) is 42.7 Å². The maximum atomic E-state index is 13.1. The number of anilines is 2. The second-order valence-corrected chi connectivity index (χ2v) is 7.97. The van der Waals surface area contributed by atoms with Gasteiger partial charge in [0.1, 0.15) is 0 Å². The van der Waals surface area contributed by atoms with Gasteiger partial charge in [0.2, 0.25) is 11.8 Å². The Morgan fingerprint density at radius 3 is 2.39 bits per heavy atom. The Bertz CT molecular complexity index is 1060. The minimum atomic E-state index is -0.210. The molecule has 0 bridgehead atoms. The number of benzene rings is 3. The number of carbonyl (C=O) groups is 2. The molecule has 3 aromatic carbocycles. The highest BCUT2D eigenvalue weighted by atomic mass is 16.2. The summed E-state index contributed by atoms with van der Waals surface area (Å²) in [4.78, 5) is 27.0. The van der Waals surface area contributed by atoms with E-state index in [2.05, 4.69) is 54.0 Å². The quantitative estimate of drug-likeness (QED) is 0.633. The van der Waals surface area contributed by atoms with Crippen LogP contribution in [0.5, 0.6) is 0 Å². The molecule has 3 aromatic rings. The Balaban J connectivity index is 1.44. The first-order valence-electron chi connectivity index (χ1n) is 10.6. The first-order chi connectivity index (χ1) is 15.0. The summed E-state index contributed by atoms with van der Waals surface area (Å²) in [7, 11) is 0. The molecule has 0 radical (unpaired) electrons. The van der Waals surface area contributed by atoms with Crippen molar-refractivity contribution >= 4 is 23.2 Å². The standard InChI is InChI=1S/C26H27N3O2/c1-18-16-25(30)28-23-10-6-7-11-24(23)29(18)26(31)17-27-19(2)20-12-14-22(15-13-20)21-8-4-3-5-9-21/h3-15,18-19,27H,16-17H2,1-2H3,(H,28,30). The molecule has 1 aliphatic heterocycles. The fourth-order valence-electron chi connectivity index (χ4n) is 4.01. The average Bonchev–Trinajstić information content (AvgIpc) is 2.92. The highest BCUT2D eigenvalue weighted by molar-refractivity contribution is 6.04. The van der Waals surface area contributed by atoms with Gasteiger partial charge >= 0.3 is 0 Å². The molecule has 0 fully saturated rings. The van der Waals surface area contributed by atoms with Crippen LogP contribution in [0.25, 0.3) is 11.1 Å². The molecular formula is C26H27N3O2. The number of hydrogen-bond acceptors (Lipinski definition) is 3. The van der Waals surface area contributed by atoms with Gasteiger partial charge in [-0.3, -0.25) is 9.59 Å². The van der Waals surface area contributed by atoms with Crippen molar-refractivity contribution in [2.45, 2.75) is 32.4 Å². The van der Waals surface area contributed by atoms with Crippen LogP contribution in [0.1, 0.15) is 31.9 Å². The van der Waals surface area contributed by atoms with Crippen molar-refractivity contribution < 1.29 is 9.59 Å². The highest BCUT2D eigenvalue weighted by Gasteiger charge is 2.29. The molecular weight excluding hydrogens is 386 g/mol. The molecule has 0 saturated carbocycles. The second-order valence-electron chi connectivity index (χ2n) is 7.97. The first-order valence-corrected chi connectivity index (χ1v) is 10.6. The summed E-state index contributed by atoms with van der Waals surface area (Å²) in [5, 5.41) is 6.24. The number of nitrogens with zero attached hydrogens (tertiary/aromatic N) is 1. The van der Waals surface area contributed by atoms with Gasteiger partial charge in [0, 0.05) is 18.5 Å². The zero-order valence-electron chi connectivity index (χ0n) is 17.8. The minimum Gasteiger partial charge on any atom is -0.324 e. The van der Waals surface area contributed by atoms with Gasteiger partial charge in [-0.15, -0.1) is 0 Å². The summed E-state index contributed by atoms with van der Waals surface area (Å²) in [6.45, 7) is 4.15. The monoisotopic (exact) mass is 413 g/mol. The van der Waals surface area contributed by atoms with Gasteiger partial charge in [0.25, 0.3) is 0 Å². The molecule has 31 heavy (non-hydrogen) atoms. The Hall–Kier alpha value is -3.44. The predicted octanol–water partition coefficient (Wildman–Crippen LogP) is 4.77. The van der Waals surface area contributed by atoms with Crippen LogP contribution in [0, 0.1) is 0 Å². The molecule has 1 aliphatic rings. The summed E-state index contributed by atoms with van der Waals surface area (Å²) in [6, 6.07) is 25.9. The van der Waals surface area contributed by atoms with Crippen LogP contribution in [-0.4, -0.2) is 24.4 Å². The molecule has 2 amide bonds. The zero-order chi connectivity index (χ0) is 21.8. The number of para-hydroxylation sites is 2. The lowest BCUT2D eigenvalue weighted by Crippen LogP contribution is -2.44. The Morgan fingerprint density at radius 2 is 1.65 bits per heavy atom. The van der Waals surface area contributed by atoms with Crippen LogP contribution >= 0.6 is 0 Å². The van der Waals surface area contributed by atoms with E-state index in [9.17, 15) is 9.59 Å². The zero-order valence-corrected chi connectivity index (χ0v) is 17.8. The van der Waals surface area contributed by atoms with Gasteiger partial charge in [0.05, 0.1) is 17.9 Å². The molecule has 2 atom stereocenters. The van der Waals surface area contributed by atoms with Gasteiger partial charge in [-0.1, -0.05) is 66.7 Å². The normalized spacial score (nSPS) is 16.8. The van der Waals surface area contributed by atoms with Crippen LogP contribution in [-0.2, 0) is 9.59 Å². The lowest BCUT2D eigenvalue weighted by atomic mass is 10.0. The van der Waals surface area contributed by atoms with Crippen molar-refractivity contribution in [1.82, 2.24) is 5.32 Å². The summed E-state index contributed by atoms with van der Waals surface area (Å²) in [5.74, 6) is -0.126. The van der Waals surface area contributed by atoms with Crippen molar-refractivity contribution in [1.29, 1.82) is 0 Å². The van der Waals surface area contributed by atoms with Crippen molar-refractivity contribution in [2.75, 3.05) is 16.8 Å². The van der Waals surface area contributed by atoms with Gasteiger partial charge in [-0.25, -0.2) is 0 Å². The molecule has 2 unspecified atom stereocenters. The topological polar surface area (TPSA) is 61.4 Å². The Morgan fingerprint density at radius 1 is 1.00 bits per heavy atom. The third-order valence-corrected chi connectivity index (χ3v) is 5.71. The number of hydrogen-bond donors (Lipinski definition) is 2. The fourth-order valence-corrected chi connectivity index (χ4v) is 4.01. The van der Waals surface area contributed by atoms with Crippen LogP contribution in [0.3, 0.4) is 0 Å². The third-order valence-electron chi connectivity index (χ3n) is 5.71. The fraction of sp³-hybridized carbons (Fsp3) is 0.231. The number of nitrogens with one attached hydrogen (secondary N) is 2. The van der Waals surface area contributed by atoms with Crippen LogP contribution in [0.15, 0.2) is 78.9 Å². The van der Waals surface area contributed by atoms with Crippen molar-refractivity contribution in [3.63, 3.8) is 0 Å². The van der Waals surface area contributed by atoms with Crippen LogP contribution in [0.4, 0.5) is 11.4 Å². The third kappa shape index (κ3) is 4.67. The first kappa shape index (κ1) is 20.8. The van der Waals surface area contributed by atoms with Crippen LogP contribution in [0.2, 0.25) is 0 Å². The summed E-state index contributed by atoms with van der Waals surface area (Å²) >= 11 is 0. The van der Waals surface area contributed by atoms with E-state index in [1.807, 2.05) is 49.4 Å². The SMILES string of the molecule is CC(NCC(=O)N1c2ccccc2NC(=O)CC1C)c1ccc(-c2ccccc2)cc1. The number of fused-ring (bicyclic) bond motifs is 1. The van der Waals surface area contributed by atoms with Crippen molar-refractivity contribution in [2.24, 2.45) is 0 Å². The molecule has 0 aromatic heterocycles. The van der Waals surface area contributed by atoms with Crippen molar-refractivity contribution in [3.05, 3.63) is 84.4 Å². The summed E-state index contributed by atoms with van der Waals surface area (Å²) < 4.78 is 0. The lowest BCUT2D eigenvalue weighted by molar-refractivity contribution is -0.118. The summed E-state index contributed by atoms with van der Waals surface area (Å²) in [5.41, 5.74) is 4.89. The van der Waals surface area contributed by atoms with E-state index in [1.54, 1.807) is 4.90 Å². The number of rotatable bonds is 5. The average molecular weight is 414 g/mol. The minimum absolute atomic E-state index is 0.0195. The molecule has 5 heteroatoms. The lowest BCUT2D eigenvalue weighted by Gasteiger charge is -2.28. The van der Waals surface area contributed by atoms with E-state index in [-0.39, 0.29) is 36.9 Å². The number of carbonyl (C=O) groups excluding carboxylic acids is 2. The van der Waals surface area contributed by atoms with Crippen LogP contribution < -0.4 is 15.5 Å². The van der Waals surface area contributed by atoms with Gasteiger partial charge in [-0.2, -0.15) is 0 Å². The highest BCUT2D eigenvalue weighted by Crippen LogP contribution is 2.31. The molecule has 2 N–H and O–H groups in total. The Kier molecular flexibility index (Phi) is 6.14. The van der Waals surface area contributed by atoms with E-state index in [1.165, 1.54) is 11.1 Å². The number of amides is 2. The molecule has 1 heterocycles. The van der Waals surface area contributed by atoms with Gasteiger partial charge < -0.3 is 15.5 Å². The van der Waals surface area contributed by atoms with E-state index in [0.29, 0.717) is 5.69 Å². The predicted molar refractivity (Wildman–Crippen MR) is 125 cm³/mol. The maximum absolute atomic E-state index is 13.1. The van der Waals surface area contributed by atoms with Crippen molar-refractivity contribution in [3.8, 4) is 11.1 Å². The van der Waals surface area contributed by atoms with E-state index < -0.39 is 0 Å². The molecule has 0 aliphatic carbocycles. The molecule has 4 rings (SSSR count). The molecule has 158 valence electrons.